The molecule has 19 heavy (non-hydrogen) atoms. The van der Waals surface area contributed by atoms with E-state index in [4.69, 9.17) is 5.11 Å². The summed E-state index contributed by atoms with van der Waals surface area (Å²) in [5.74, 6) is 0. The first-order chi connectivity index (χ1) is 9.11. The Morgan fingerprint density at radius 1 is 1.47 bits per heavy atom. The van der Waals surface area contributed by atoms with Gasteiger partial charge in [-0.1, -0.05) is 0 Å². The van der Waals surface area contributed by atoms with E-state index in [0.29, 0.717) is 12.2 Å². The fourth-order valence-electron chi connectivity index (χ4n) is 2.15. The summed E-state index contributed by atoms with van der Waals surface area (Å²) in [4.78, 5) is 23.6. The van der Waals surface area contributed by atoms with Crippen LogP contribution in [0.15, 0.2) is 24.3 Å². The SMILES string of the molecule is O=C(Nc1ccc([N+](=O)[O-])cc1)N1CCC[C@@H]1CO. The molecule has 2 rings (SSSR count). The summed E-state index contributed by atoms with van der Waals surface area (Å²) in [6.07, 6.45) is 1.67. The van der Waals surface area contributed by atoms with Crippen molar-refractivity contribution in [3.8, 4) is 0 Å². The van der Waals surface area contributed by atoms with E-state index in [1.807, 2.05) is 0 Å². The molecule has 102 valence electrons. The van der Waals surface area contributed by atoms with Gasteiger partial charge in [0.05, 0.1) is 17.6 Å². The molecule has 1 fully saturated rings. The number of likely N-dealkylation sites (tertiary alicyclic amines) is 1. The van der Waals surface area contributed by atoms with E-state index in [1.54, 1.807) is 4.90 Å². The Kier molecular flexibility index (Phi) is 3.96. The Balaban J connectivity index is 2.00. The first kappa shape index (κ1) is 13.3. The minimum absolute atomic E-state index is 0.0209. The number of urea groups is 1. The summed E-state index contributed by atoms with van der Waals surface area (Å²) in [5.41, 5.74) is 0.478. The predicted molar refractivity (Wildman–Crippen MR) is 68.9 cm³/mol. The summed E-state index contributed by atoms with van der Waals surface area (Å²) in [7, 11) is 0. The summed E-state index contributed by atoms with van der Waals surface area (Å²) in [5, 5.41) is 22.3. The zero-order valence-electron chi connectivity index (χ0n) is 10.3. The molecule has 7 nitrogen and oxygen atoms in total. The average Bonchev–Trinajstić information content (AvgIpc) is 2.87. The zero-order chi connectivity index (χ0) is 13.8. The summed E-state index contributed by atoms with van der Waals surface area (Å²) in [6, 6.07) is 5.22. The van der Waals surface area contributed by atoms with Crippen LogP contribution in [0.25, 0.3) is 0 Å². The van der Waals surface area contributed by atoms with Crippen LogP contribution in [-0.4, -0.2) is 40.2 Å². The number of carbonyl (C=O) groups is 1. The number of rotatable bonds is 3. The largest absolute Gasteiger partial charge is 0.394 e. The van der Waals surface area contributed by atoms with Crippen LogP contribution in [0.3, 0.4) is 0 Å². The average molecular weight is 265 g/mol. The molecule has 1 heterocycles. The number of nitro groups is 1. The normalized spacial score (nSPS) is 18.4. The van der Waals surface area contributed by atoms with Gasteiger partial charge in [0.2, 0.25) is 0 Å². The van der Waals surface area contributed by atoms with Gasteiger partial charge < -0.3 is 15.3 Å². The number of amides is 2. The molecule has 2 N–H and O–H groups in total. The van der Waals surface area contributed by atoms with Crippen molar-refractivity contribution in [2.75, 3.05) is 18.5 Å². The maximum Gasteiger partial charge on any atom is 0.322 e. The summed E-state index contributed by atoms with van der Waals surface area (Å²) >= 11 is 0. The highest BCUT2D eigenvalue weighted by atomic mass is 16.6. The molecule has 2 amide bonds. The fourth-order valence-corrected chi connectivity index (χ4v) is 2.15. The number of anilines is 1. The van der Waals surface area contributed by atoms with Crippen LogP contribution in [0.2, 0.25) is 0 Å². The number of nitrogens with one attached hydrogen (secondary N) is 1. The van der Waals surface area contributed by atoms with E-state index >= 15 is 0 Å². The van der Waals surface area contributed by atoms with Crippen LogP contribution < -0.4 is 5.32 Å². The van der Waals surface area contributed by atoms with E-state index in [1.165, 1.54) is 24.3 Å². The van der Waals surface area contributed by atoms with Crippen LogP contribution in [-0.2, 0) is 0 Å². The van der Waals surface area contributed by atoms with Gasteiger partial charge in [-0.3, -0.25) is 10.1 Å². The van der Waals surface area contributed by atoms with Crippen molar-refractivity contribution in [2.45, 2.75) is 18.9 Å². The molecule has 1 aliphatic rings. The topological polar surface area (TPSA) is 95.7 Å². The van der Waals surface area contributed by atoms with Crippen molar-refractivity contribution < 1.29 is 14.8 Å². The van der Waals surface area contributed by atoms with Gasteiger partial charge in [-0.2, -0.15) is 0 Å². The molecule has 1 aromatic rings. The van der Waals surface area contributed by atoms with Gasteiger partial charge in [0.15, 0.2) is 0 Å². The van der Waals surface area contributed by atoms with Crippen LogP contribution >= 0.6 is 0 Å². The first-order valence-corrected chi connectivity index (χ1v) is 6.05. The van der Waals surface area contributed by atoms with Gasteiger partial charge in [-0.05, 0) is 25.0 Å². The van der Waals surface area contributed by atoms with E-state index < -0.39 is 4.92 Å². The second-order valence-electron chi connectivity index (χ2n) is 4.41. The Hall–Kier alpha value is -2.15. The summed E-state index contributed by atoms with van der Waals surface area (Å²) < 4.78 is 0. The highest BCUT2D eigenvalue weighted by molar-refractivity contribution is 5.89. The lowest BCUT2D eigenvalue weighted by Crippen LogP contribution is -2.40. The minimum Gasteiger partial charge on any atom is -0.394 e. The van der Waals surface area contributed by atoms with Crippen molar-refractivity contribution >= 4 is 17.4 Å². The molecule has 0 saturated carbocycles. The Morgan fingerprint density at radius 2 is 2.16 bits per heavy atom. The number of hydrogen-bond acceptors (Lipinski definition) is 4. The lowest BCUT2D eigenvalue weighted by Gasteiger charge is -2.23. The van der Waals surface area contributed by atoms with Gasteiger partial charge in [0, 0.05) is 24.4 Å². The first-order valence-electron chi connectivity index (χ1n) is 6.05. The molecule has 0 unspecified atom stereocenters. The van der Waals surface area contributed by atoms with Crippen molar-refractivity contribution in [3.05, 3.63) is 34.4 Å². The molecule has 0 aromatic heterocycles. The van der Waals surface area contributed by atoms with Crippen LogP contribution in [0.4, 0.5) is 16.2 Å². The monoisotopic (exact) mass is 265 g/mol. The maximum absolute atomic E-state index is 12.0. The molecule has 0 bridgehead atoms. The van der Waals surface area contributed by atoms with E-state index in [9.17, 15) is 14.9 Å². The predicted octanol–water partition coefficient (Wildman–Crippen LogP) is 1.58. The van der Waals surface area contributed by atoms with Gasteiger partial charge >= 0.3 is 6.03 Å². The lowest BCUT2D eigenvalue weighted by molar-refractivity contribution is -0.384. The Morgan fingerprint density at radius 3 is 2.74 bits per heavy atom. The third-order valence-corrected chi connectivity index (χ3v) is 3.18. The summed E-state index contributed by atoms with van der Waals surface area (Å²) in [6.45, 7) is 0.567. The van der Waals surface area contributed by atoms with Crippen molar-refractivity contribution in [3.63, 3.8) is 0 Å². The number of nitrogens with zero attached hydrogens (tertiary/aromatic N) is 2. The van der Waals surface area contributed by atoms with Gasteiger partial charge in [-0.15, -0.1) is 0 Å². The number of benzene rings is 1. The van der Waals surface area contributed by atoms with Crippen LogP contribution in [0, 0.1) is 10.1 Å². The number of carbonyl (C=O) groups excluding carboxylic acids is 1. The lowest BCUT2D eigenvalue weighted by atomic mass is 10.2. The Labute approximate surface area is 110 Å². The highest BCUT2D eigenvalue weighted by Crippen LogP contribution is 2.20. The maximum atomic E-state index is 12.0. The molecular formula is C12H15N3O4. The van der Waals surface area contributed by atoms with Crippen molar-refractivity contribution in [1.82, 2.24) is 4.90 Å². The highest BCUT2D eigenvalue weighted by Gasteiger charge is 2.27. The second-order valence-corrected chi connectivity index (χ2v) is 4.41. The molecule has 1 atom stereocenters. The van der Waals surface area contributed by atoms with Gasteiger partial charge in [0.25, 0.3) is 5.69 Å². The van der Waals surface area contributed by atoms with Gasteiger partial charge in [-0.25, -0.2) is 4.79 Å². The second kappa shape index (κ2) is 5.66. The van der Waals surface area contributed by atoms with E-state index in [0.717, 1.165) is 12.8 Å². The molecule has 0 radical (unpaired) electrons. The van der Waals surface area contributed by atoms with Crippen LogP contribution in [0.1, 0.15) is 12.8 Å². The molecule has 0 spiro atoms. The van der Waals surface area contributed by atoms with Crippen LogP contribution in [0.5, 0.6) is 0 Å². The number of nitro benzene ring substituents is 1. The molecule has 1 aliphatic heterocycles. The van der Waals surface area contributed by atoms with Crippen molar-refractivity contribution in [1.29, 1.82) is 0 Å². The number of aliphatic hydroxyl groups excluding tert-OH is 1. The molecule has 1 aromatic carbocycles. The molecule has 0 aliphatic carbocycles. The number of aliphatic hydroxyl groups is 1. The molecular weight excluding hydrogens is 250 g/mol. The molecule has 7 heteroatoms. The fraction of sp³-hybridized carbons (Fsp3) is 0.417. The quantitative estimate of drug-likeness (QED) is 0.640. The third kappa shape index (κ3) is 3.00. The minimum atomic E-state index is -0.492. The number of hydrogen-bond donors (Lipinski definition) is 2. The third-order valence-electron chi connectivity index (χ3n) is 3.18. The van der Waals surface area contributed by atoms with E-state index in [-0.39, 0.29) is 24.4 Å². The zero-order valence-corrected chi connectivity index (χ0v) is 10.3. The Bertz CT molecular complexity index is 474. The van der Waals surface area contributed by atoms with Crippen molar-refractivity contribution in [2.24, 2.45) is 0 Å². The molecule has 1 saturated heterocycles. The smallest absolute Gasteiger partial charge is 0.322 e. The van der Waals surface area contributed by atoms with Gasteiger partial charge in [0.1, 0.15) is 0 Å². The van der Waals surface area contributed by atoms with E-state index in [2.05, 4.69) is 5.32 Å². The standard InChI is InChI=1S/C12H15N3O4/c16-8-11-2-1-7-14(11)12(17)13-9-3-5-10(6-4-9)15(18)19/h3-6,11,16H,1-2,7-8H2,(H,13,17)/t11-/m1/s1. The number of non-ortho nitro benzene ring substituents is 1.